The number of carbonyl (C=O) groups excluding carboxylic acids is 2. The van der Waals surface area contributed by atoms with E-state index in [2.05, 4.69) is 15.4 Å². The second-order valence-electron chi connectivity index (χ2n) is 8.79. The molecule has 2 aromatic carbocycles. The minimum atomic E-state index is -2.88. The number of rotatable bonds is 6. The SMILES string of the molecule is CC(C)(C)OC(=O)NC1CCN(C(=O)c2ccccc2Nc2ccc(OC(F)F)cc2)CC1. The maximum absolute atomic E-state index is 13.2. The highest BCUT2D eigenvalue weighted by Crippen LogP contribution is 2.25. The second kappa shape index (κ2) is 10.5. The fourth-order valence-electron chi connectivity index (χ4n) is 3.53. The van der Waals surface area contributed by atoms with Gasteiger partial charge < -0.3 is 25.0 Å². The molecule has 0 atom stereocenters. The minimum Gasteiger partial charge on any atom is -0.444 e. The summed E-state index contributed by atoms with van der Waals surface area (Å²) >= 11 is 0. The molecule has 0 saturated carbocycles. The molecule has 33 heavy (non-hydrogen) atoms. The Morgan fingerprint density at radius 2 is 1.67 bits per heavy atom. The number of benzene rings is 2. The Balaban J connectivity index is 1.60. The average molecular weight is 462 g/mol. The lowest BCUT2D eigenvalue weighted by molar-refractivity contribution is -0.0498. The number of nitrogens with zero attached hydrogens (tertiary/aromatic N) is 1. The van der Waals surface area contributed by atoms with Crippen LogP contribution in [0, 0.1) is 0 Å². The van der Waals surface area contributed by atoms with Gasteiger partial charge >= 0.3 is 12.7 Å². The molecule has 178 valence electrons. The standard InChI is InChI=1S/C24H29F2N3O4/c1-24(2,3)33-23(31)28-17-12-14-29(15-13-17)21(30)19-6-4-5-7-20(19)27-16-8-10-18(11-9-16)32-22(25)26/h4-11,17,22,27H,12-15H2,1-3H3,(H,28,31). The summed E-state index contributed by atoms with van der Waals surface area (Å²) in [5.74, 6) is -0.0609. The summed E-state index contributed by atoms with van der Waals surface area (Å²) in [6, 6.07) is 13.1. The Morgan fingerprint density at radius 3 is 2.27 bits per heavy atom. The first-order chi connectivity index (χ1) is 15.6. The number of alkyl halides is 2. The Bertz CT molecular complexity index is 953. The number of hydrogen-bond donors (Lipinski definition) is 2. The molecule has 2 aromatic rings. The number of nitrogens with one attached hydrogen (secondary N) is 2. The molecule has 2 amide bonds. The van der Waals surface area contributed by atoms with E-state index >= 15 is 0 Å². The van der Waals surface area contributed by atoms with E-state index in [-0.39, 0.29) is 17.7 Å². The maximum Gasteiger partial charge on any atom is 0.407 e. The molecular formula is C24H29F2N3O4. The van der Waals surface area contributed by atoms with Gasteiger partial charge in [0, 0.05) is 24.8 Å². The largest absolute Gasteiger partial charge is 0.444 e. The number of likely N-dealkylation sites (tertiary alicyclic amines) is 1. The average Bonchev–Trinajstić information content (AvgIpc) is 2.74. The van der Waals surface area contributed by atoms with Gasteiger partial charge in [-0.05, 0) is 70.0 Å². The van der Waals surface area contributed by atoms with Crippen molar-refractivity contribution < 1.29 is 27.8 Å². The Labute approximate surface area is 192 Å². The smallest absolute Gasteiger partial charge is 0.407 e. The van der Waals surface area contributed by atoms with Crippen molar-refractivity contribution in [2.24, 2.45) is 0 Å². The van der Waals surface area contributed by atoms with Crippen LogP contribution in [0.5, 0.6) is 5.75 Å². The summed E-state index contributed by atoms with van der Waals surface area (Å²) in [7, 11) is 0. The van der Waals surface area contributed by atoms with Gasteiger partial charge in [0.05, 0.1) is 11.3 Å². The van der Waals surface area contributed by atoms with Gasteiger partial charge in [0.25, 0.3) is 5.91 Å². The fourth-order valence-corrected chi connectivity index (χ4v) is 3.53. The zero-order valence-electron chi connectivity index (χ0n) is 18.9. The Kier molecular flexibility index (Phi) is 7.73. The van der Waals surface area contributed by atoms with Gasteiger partial charge in [-0.15, -0.1) is 0 Å². The van der Waals surface area contributed by atoms with Crippen LogP contribution in [0.25, 0.3) is 0 Å². The molecule has 0 aromatic heterocycles. The van der Waals surface area contributed by atoms with E-state index in [1.54, 1.807) is 35.2 Å². The number of carbonyl (C=O) groups is 2. The number of ether oxygens (including phenoxy) is 2. The second-order valence-corrected chi connectivity index (χ2v) is 8.79. The Morgan fingerprint density at radius 1 is 1.03 bits per heavy atom. The summed E-state index contributed by atoms with van der Waals surface area (Å²) in [5.41, 5.74) is 1.19. The van der Waals surface area contributed by atoms with Crippen molar-refractivity contribution in [1.29, 1.82) is 0 Å². The number of anilines is 2. The molecule has 1 fully saturated rings. The van der Waals surface area contributed by atoms with E-state index in [0.29, 0.717) is 42.9 Å². The molecule has 1 heterocycles. The van der Waals surface area contributed by atoms with Crippen molar-refractivity contribution in [2.75, 3.05) is 18.4 Å². The van der Waals surface area contributed by atoms with Crippen LogP contribution in [0.15, 0.2) is 48.5 Å². The van der Waals surface area contributed by atoms with Crippen LogP contribution in [0.2, 0.25) is 0 Å². The van der Waals surface area contributed by atoms with Gasteiger partial charge in [-0.3, -0.25) is 4.79 Å². The third-order valence-electron chi connectivity index (χ3n) is 5.02. The third kappa shape index (κ3) is 7.34. The number of hydrogen-bond acceptors (Lipinski definition) is 5. The maximum atomic E-state index is 13.2. The minimum absolute atomic E-state index is 0.0498. The molecule has 0 bridgehead atoms. The van der Waals surface area contributed by atoms with Gasteiger partial charge in [0.15, 0.2) is 0 Å². The fraction of sp³-hybridized carbons (Fsp3) is 0.417. The molecule has 1 saturated heterocycles. The van der Waals surface area contributed by atoms with E-state index in [4.69, 9.17) is 4.74 Å². The zero-order valence-corrected chi connectivity index (χ0v) is 18.9. The van der Waals surface area contributed by atoms with E-state index in [1.807, 2.05) is 26.8 Å². The van der Waals surface area contributed by atoms with Crippen molar-refractivity contribution in [3.05, 3.63) is 54.1 Å². The van der Waals surface area contributed by atoms with Crippen LogP contribution in [-0.2, 0) is 4.74 Å². The van der Waals surface area contributed by atoms with Crippen LogP contribution >= 0.6 is 0 Å². The van der Waals surface area contributed by atoms with Gasteiger partial charge in [0.2, 0.25) is 0 Å². The van der Waals surface area contributed by atoms with Crippen molar-refractivity contribution in [1.82, 2.24) is 10.2 Å². The molecule has 2 N–H and O–H groups in total. The van der Waals surface area contributed by atoms with Crippen LogP contribution in [0.4, 0.5) is 25.0 Å². The van der Waals surface area contributed by atoms with Crippen LogP contribution in [0.1, 0.15) is 44.0 Å². The van der Waals surface area contributed by atoms with Gasteiger partial charge in [0.1, 0.15) is 11.4 Å². The van der Waals surface area contributed by atoms with Gasteiger partial charge in [-0.2, -0.15) is 8.78 Å². The van der Waals surface area contributed by atoms with E-state index in [1.165, 1.54) is 12.1 Å². The van der Waals surface area contributed by atoms with Gasteiger partial charge in [-0.1, -0.05) is 12.1 Å². The molecule has 3 rings (SSSR count). The first kappa shape index (κ1) is 24.3. The van der Waals surface area contributed by atoms with Crippen molar-refractivity contribution in [3.8, 4) is 5.75 Å². The number of para-hydroxylation sites is 1. The summed E-state index contributed by atoms with van der Waals surface area (Å²) < 4.78 is 34.3. The van der Waals surface area contributed by atoms with E-state index < -0.39 is 18.3 Å². The number of halogens is 2. The van der Waals surface area contributed by atoms with E-state index in [9.17, 15) is 18.4 Å². The summed E-state index contributed by atoms with van der Waals surface area (Å²) in [4.78, 5) is 26.9. The van der Waals surface area contributed by atoms with Gasteiger partial charge in [-0.25, -0.2) is 4.79 Å². The molecular weight excluding hydrogens is 432 g/mol. The number of amides is 2. The zero-order chi connectivity index (χ0) is 24.0. The molecule has 0 aliphatic carbocycles. The number of alkyl carbamates (subject to hydrolysis) is 1. The molecule has 1 aliphatic heterocycles. The highest BCUT2D eigenvalue weighted by molar-refractivity contribution is 6.00. The predicted octanol–water partition coefficient (Wildman–Crippen LogP) is 5.16. The lowest BCUT2D eigenvalue weighted by Gasteiger charge is -2.33. The van der Waals surface area contributed by atoms with Crippen molar-refractivity contribution in [2.45, 2.75) is 51.9 Å². The third-order valence-corrected chi connectivity index (χ3v) is 5.02. The first-order valence-electron chi connectivity index (χ1n) is 10.8. The van der Waals surface area contributed by atoms with Crippen molar-refractivity contribution >= 4 is 23.4 Å². The summed E-state index contributed by atoms with van der Waals surface area (Å²) in [6.45, 7) is 3.56. The topological polar surface area (TPSA) is 79.9 Å². The molecule has 7 nitrogen and oxygen atoms in total. The van der Waals surface area contributed by atoms with Crippen LogP contribution < -0.4 is 15.4 Å². The lowest BCUT2D eigenvalue weighted by Crippen LogP contribution is -2.47. The van der Waals surface area contributed by atoms with Crippen LogP contribution in [-0.4, -0.2) is 48.2 Å². The highest BCUT2D eigenvalue weighted by atomic mass is 19.3. The van der Waals surface area contributed by atoms with Crippen molar-refractivity contribution in [3.63, 3.8) is 0 Å². The molecule has 1 aliphatic rings. The Hall–Kier alpha value is -3.36. The highest BCUT2D eigenvalue weighted by Gasteiger charge is 2.27. The normalized spacial score (nSPS) is 14.7. The lowest BCUT2D eigenvalue weighted by atomic mass is 10.0. The molecule has 9 heteroatoms. The quantitative estimate of drug-likeness (QED) is 0.621. The number of piperidine rings is 1. The summed E-state index contributed by atoms with van der Waals surface area (Å²) in [6.07, 6.45) is 0.810. The van der Waals surface area contributed by atoms with E-state index in [0.717, 1.165) is 0 Å². The predicted molar refractivity (Wildman–Crippen MR) is 121 cm³/mol. The first-order valence-corrected chi connectivity index (χ1v) is 10.8. The van der Waals surface area contributed by atoms with Crippen LogP contribution in [0.3, 0.4) is 0 Å². The summed E-state index contributed by atoms with van der Waals surface area (Å²) in [5, 5.41) is 6.03. The monoisotopic (exact) mass is 461 g/mol. The molecule has 0 radical (unpaired) electrons. The molecule has 0 spiro atoms. The molecule has 0 unspecified atom stereocenters.